The molecule has 0 aromatic carbocycles. The van der Waals surface area contributed by atoms with Crippen LogP contribution in [0.25, 0.3) is 0 Å². The maximum atomic E-state index is 5.87. The SMILES string of the molecule is CCN(CC)C(CCNc1nc(N)ncc1N)N(CC)CC. The summed E-state index contributed by atoms with van der Waals surface area (Å²) in [6.45, 7) is 13.8. The molecule has 0 saturated carbocycles. The van der Waals surface area contributed by atoms with Crippen LogP contribution in [0.3, 0.4) is 0 Å². The van der Waals surface area contributed by atoms with E-state index in [0.717, 1.165) is 39.1 Å². The summed E-state index contributed by atoms with van der Waals surface area (Å²) < 4.78 is 0. The third-order valence-corrected chi connectivity index (χ3v) is 4.00. The topological polar surface area (TPSA) is 96.3 Å². The van der Waals surface area contributed by atoms with Gasteiger partial charge in [0.1, 0.15) is 0 Å². The molecule has 0 unspecified atom stereocenters. The van der Waals surface area contributed by atoms with Crippen LogP contribution in [-0.2, 0) is 0 Å². The molecule has 0 atom stereocenters. The Morgan fingerprint density at radius 2 is 1.59 bits per heavy atom. The van der Waals surface area contributed by atoms with E-state index in [9.17, 15) is 0 Å². The first kappa shape index (κ1) is 18.4. The standard InChI is InChI=1S/C15H31N7/c1-5-21(6-2)13(22(7-3)8-4)9-10-18-14-12(16)11-19-15(17)20-14/h11,13H,5-10,16H2,1-4H3,(H3,17,18,19,20). The number of anilines is 3. The molecule has 0 aliphatic heterocycles. The van der Waals surface area contributed by atoms with Gasteiger partial charge in [-0.3, -0.25) is 9.80 Å². The van der Waals surface area contributed by atoms with Gasteiger partial charge in [-0.05, 0) is 32.6 Å². The van der Waals surface area contributed by atoms with Crippen LogP contribution < -0.4 is 16.8 Å². The summed E-state index contributed by atoms with van der Waals surface area (Å²) in [6.07, 6.45) is 2.95. The minimum Gasteiger partial charge on any atom is -0.394 e. The Bertz CT molecular complexity index is 418. The first-order chi connectivity index (χ1) is 10.6. The van der Waals surface area contributed by atoms with E-state index in [0.29, 0.717) is 17.7 Å². The number of nitrogens with two attached hydrogens (primary N) is 2. The van der Waals surface area contributed by atoms with E-state index in [-0.39, 0.29) is 5.95 Å². The van der Waals surface area contributed by atoms with Crippen molar-refractivity contribution in [1.82, 2.24) is 19.8 Å². The lowest BCUT2D eigenvalue weighted by molar-refractivity contribution is 0.0528. The van der Waals surface area contributed by atoms with Crippen LogP contribution >= 0.6 is 0 Å². The molecule has 7 nitrogen and oxygen atoms in total. The lowest BCUT2D eigenvalue weighted by Gasteiger charge is -2.38. The van der Waals surface area contributed by atoms with Gasteiger partial charge in [0, 0.05) is 6.54 Å². The highest BCUT2D eigenvalue weighted by molar-refractivity contribution is 5.61. The van der Waals surface area contributed by atoms with E-state index in [1.807, 2.05) is 0 Å². The summed E-state index contributed by atoms with van der Waals surface area (Å²) in [4.78, 5) is 13.0. The molecule has 0 spiro atoms. The van der Waals surface area contributed by atoms with Crippen LogP contribution in [0.15, 0.2) is 6.20 Å². The number of rotatable bonds is 10. The Hall–Kier alpha value is -1.60. The van der Waals surface area contributed by atoms with Crippen molar-refractivity contribution >= 4 is 17.5 Å². The Morgan fingerprint density at radius 1 is 1.05 bits per heavy atom. The normalized spacial score (nSPS) is 11.6. The van der Waals surface area contributed by atoms with Crippen LogP contribution in [0.1, 0.15) is 34.1 Å². The molecular formula is C15H31N7. The zero-order chi connectivity index (χ0) is 16.5. The van der Waals surface area contributed by atoms with Gasteiger partial charge in [0.2, 0.25) is 5.95 Å². The van der Waals surface area contributed by atoms with E-state index >= 15 is 0 Å². The maximum absolute atomic E-state index is 5.87. The van der Waals surface area contributed by atoms with Gasteiger partial charge >= 0.3 is 0 Å². The summed E-state index contributed by atoms with van der Waals surface area (Å²) in [5, 5.41) is 3.28. The minimum atomic E-state index is 0.237. The van der Waals surface area contributed by atoms with Crippen LogP contribution in [0.4, 0.5) is 17.5 Å². The van der Waals surface area contributed by atoms with E-state index in [1.165, 1.54) is 6.20 Å². The highest BCUT2D eigenvalue weighted by Gasteiger charge is 2.20. The third kappa shape index (κ3) is 4.99. The first-order valence-corrected chi connectivity index (χ1v) is 8.17. The number of hydrogen-bond acceptors (Lipinski definition) is 7. The van der Waals surface area contributed by atoms with Crippen LogP contribution in [0.5, 0.6) is 0 Å². The zero-order valence-electron chi connectivity index (χ0n) is 14.3. The van der Waals surface area contributed by atoms with Gasteiger partial charge in [0.05, 0.1) is 18.1 Å². The van der Waals surface area contributed by atoms with Crippen molar-refractivity contribution in [3.63, 3.8) is 0 Å². The van der Waals surface area contributed by atoms with E-state index in [2.05, 4.69) is 52.8 Å². The summed E-state index contributed by atoms with van der Waals surface area (Å²) in [5.41, 5.74) is 12.0. The molecule has 0 radical (unpaired) electrons. The molecule has 0 saturated heterocycles. The lowest BCUT2D eigenvalue weighted by atomic mass is 10.2. The average molecular weight is 309 g/mol. The van der Waals surface area contributed by atoms with Gasteiger partial charge in [-0.15, -0.1) is 0 Å². The molecular weight excluding hydrogens is 278 g/mol. The van der Waals surface area contributed by atoms with Crippen molar-refractivity contribution < 1.29 is 0 Å². The van der Waals surface area contributed by atoms with Crippen molar-refractivity contribution in [2.75, 3.05) is 49.5 Å². The van der Waals surface area contributed by atoms with Gasteiger partial charge in [-0.1, -0.05) is 27.7 Å². The van der Waals surface area contributed by atoms with Gasteiger partial charge in [-0.2, -0.15) is 4.98 Å². The van der Waals surface area contributed by atoms with Crippen LogP contribution in [-0.4, -0.2) is 58.7 Å². The monoisotopic (exact) mass is 309 g/mol. The first-order valence-electron chi connectivity index (χ1n) is 8.17. The highest BCUT2D eigenvalue weighted by Crippen LogP contribution is 2.16. The van der Waals surface area contributed by atoms with Crippen molar-refractivity contribution in [1.29, 1.82) is 0 Å². The zero-order valence-corrected chi connectivity index (χ0v) is 14.3. The molecule has 5 N–H and O–H groups in total. The van der Waals surface area contributed by atoms with E-state index in [4.69, 9.17) is 11.5 Å². The number of aromatic nitrogens is 2. The van der Waals surface area contributed by atoms with Crippen LogP contribution in [0, 0.1) is 0 Å². The summed E-state index contributed by atoms with van der Waals surface area (Å²) in [6, 6.07) is 0. The molecule has 0 aliphatic carbocycles. The smallest absolute Gasteiger partial charge is 0.222 e. The Morgan fingerprint density at radius 3 is 2.09 bits per heavy atom. The molecule has 1 rings (SSSR count). The molecule has 1 aromatic heterocycles. The van der Waals surface area contributed by atoms with Crippen LogP contribution in [0.2, 0.25) is 0 Å². The number of hydrogen-bond donors (Lipinski definition) is 3. The van der Waals surface area contributed by atoms with Gasteiger partial charge < -0.3 is 16.8 Å². The molecule has 1 aromatic rings. The Balaban J connectivity index is 2.68. The second-order valence-corrected chi connectivity index (χ2v) is 5.17. The van der Waals surface area contributed by atoms with E-state index in [1.54, 1.807) is 0 Å². The van der Waals surface area contributed by atoms with E-state index < -0.39 is 0 Å². The average Bonchev–Trinajstić information content (AvgIpc) is 2.52. The second kappa shape index (κ2) is 9.42. The third-order valence-electron chi connectivity index (χ3n) is 4.00. The fourth-order valence-corrected chi connectivity index (χ4v) is 2.75. The molecule has 22 heavy (non-hydrogen) atoms. The van der Waals surface area contributed by atoms with Gasteiger partial charge in [0.25, 0.3) is 0 Å². The number of nitrogen functional groups attached to an aromatic ring is 2. The molecule has 0 fully saturated rings. The van der Waals surface area contributed by atoms with Gasteiger partial charge in [-0.25, -0.2) is 4.98 Å². The van der Waals surface area contributed by atoms with Gasteiger partial charge in [0.15, 0.2) is 5.82 Å². The Kier molecular flexibility index (Phi) is 7.90. The predicted molar refractivity (Wildman–Crippen MR) is 93.6 cm³/mol. The Labute approximate surface area is 134 Å². The van der Waals surface area contributed by atoms with Crippen molar-refractivity contribution in [3.05, 3.63) is 6.20 Å². The molecule has 0 bridgehead atoms. The fraction of sp³-hybridized carbons (Fsp3) is 0.733. The fourth-order valence-electron chi connectivity index (χ4n) is 2.75. The molecule has 7 heteroatoms. The summed E-state index contributed by atoms with van der Waals surface area (Å²) in [5.74, 6) is 0.853. The molecule has 0 amide bonds. The molecule has 0 aliphatic rings. The highest BCUT2D eigenvalue weighted by atomic mass is 15.3. The second-order valence-electron chi connectivity index (χ2n) is 5.17. The summed E-state index contributed by atoms with van der Waals surface area (Å²) in [7, 11) is 0. The molecule has 1 heterocycles. The van der Waals surface area contributed by atoms with Crippen molar-refractivity contribution in [2.24, 2.45) is 0 Å². The quantitative estimate of drug-likeness (QED) is 0.563. The van der Waals surface area contributed by atoms with Crippen molar-refractivity contribution in [3.8, 4) is 0 Å². The van der Waals surface area contributed by atoms with Crippen molar-refractivity contribution in [2.45, 2.75) is 40.3 Å². The number of nitrogens with zero attached hydrogens (tertiary/aromatic N) is 4. The molecule has 126 valence electrons. The lowest BCUT2D eigenvalue weighted by Crippen LogP contribution is -2.49. The largest absolute Gasteiger partial charge is 0.394 e. The number of nitrogens with one attached hydrogen (secondary N) is 1. The summed E-state index contributed by atoms with van der Waals surface area (Å²) >= 11 is 0. The maximum Gasteiger partial charge on any atom is 0.222 e. The minimum absolute atomic E-state index is 0.237. The predicted octanol–water partition coefficient (Wildman–Crippen LogP) is 1.45.